The van der Waals surface area contributed by atoms with Gasteiger partial charge in [-0.05, 0) is 29.9 Å². The van der Waals surface area contributed by atoms with E-state index >= 15 is 0 Å². The summed E-state index contributed by atoms with van der Waals surface area (Å²) >= 11 is 3.09. The van der Waals surface area contributed by atoms with Gasteiger partial charge in [-0.25, -0.2) is 4.98 Å². The normalized spacial score (nSPS) is 12.1. The van der Waals surface area contributed by atoms with Crippen LogP contribution >= 0.6 is 22.7 Å². The molecule has 3 aromatic rings. The Morgan fingerprint density at radius 1 is 1.26 bits per heavy atom. The molecule has 0 bridgehead atoms. The van der Waals surface area contributed by atoms with Crippen molar-refractivity contribution in [1.29, 1.82) is 0 Å². The van der Waals surface area contributed by atoms with Crippen molar-refractivity contribution in [1.82, 2.24) is 10.3 Å². The van der Waals surface area contributed by atoms with Gasteiger partial charge in [-0.3, -0.25) is 4.79 Å². The molecule has 0 aliphatic heterocycles. The highest BCUT2D eigenvalue weighted by molar-refractivity contribution is 7.17. The predicted molar refractivity (Wildman–Crippen MR) is 97.4 cm³/mol. The second-order valence-corrected chi connectivity index (χ2v) is 7.25. The van der Waals surface area contributed by atoms with Crippen molar-refractivity contribution >= 4 is 28.6 Å². The second kappa shape index (κ2) is 7.06. The van der Waals surface area contributed by atoms with Gasteiger partial charge in [0.15, 0.2) is 0 Å². The molecule has 0 radical (unpaired) electrons. The minimum Gasteiger partial charge on any atom is -0.351 e. The maximum Gasteiger partial charge on any atom is 0.263 e. The number of benzene rings is 1. The van der Waals surface area contributed by atoms with E-state index in [2.05, 4.69) is 34.7 Å². The molecule has 1 N–H and O–H groups in total. The van der Waals surface area contributed by atoms with Gasteiger partial charge in [0, 0.05) is 17.5 Å². The van der Waals surface area contributed by atoms with Crippen LogP contribution in [0.15, 0.2) is 47.2 Å². The molecule has 2 heterocycles. The molecule has 0 saturated heterocycles. The third-order valence-corrected chi connectivity index (χ3v) is 5.60. The lowest BCUT2D eigenvalue weighted by Crippen LogP contribution is -2.27. The zero-order valence-electron chi connectivity index (χ0n) is 13.1. The molecule has 0 saturated carbocycles. The third-order valence-electron chi connectivity index (χ3n) is 3.71. The van der Waals surface area contributed by atoms with Gasteiger partial charge < -0.3 is 5.32 Å². The number of carbonyl (C=O) groups is 1. The van der Waals surface area contributed by atoms with Gasteiger partial charge in [0.1, 0.15) is 9.88 Å². The maximum atomic E-state index is 12.4. The lowest BCUT2D eigenvalue weighted by atomic mass is 10.0. The van der Waals surface area contributed by atoms with Crippen molar-refractivity contribution in [3.05, 3.63) is 63.3 Å². The lowest BCUT2D eigenvalue weighted by molar-refractivity contribution is 0.0955. The topological polar surface area (TPSA) is 42.0 Å². The Bertz CT molecular complexity index is 779. The molecular formula is C18H18N2OS2. The number of aromatic nitrogens is 1. The molecule has 0 fully saturated rings. The van der Waals surface area contributed by atoms with Crippen LogP contribution in [0, 0.1) is 6.92 Å². The zero-order chi connectivity index (χ0) is 16.2. The molecule has 0 aliphatic carbocycles. The number of nitrogens with one attached hydrogen (secondary N) is 1. The van der Waals surface area contributed by atoms with Gasteiger partial charge in [0.05, 0.1) is 5.69 Å². The average molecular weight is 342 g/mol. The highest BCUT2D eigenvalue weighted by Crippen LogP contribution is 2.29. The minimum absolute atomic E-state index is 0.0377. The number of thiophene rings is 1. The zero-order valence-corrected chi connectivity index (χ0v) is 14.7. The quantitative estimate of drug-likeness (QED) is 0.729. The van der Waals surface area contributed by atoms with Crippen LogP contribution in [-0.4, -0.2) is 17.4 Å². The van der Waals surface area contributed by atoms with Crippen LogP contribution in [0.1, 0.15) is 33.8 Å². The van der Waals surface area contributed by atoms with Gasteiger partial charge >= 0.3 is 0 Å². The first-order chi connectivity index (χ1) is 11.1. The van der Waals surface area contributed by atoms with Crippen molar-refractivity contribution in [3.8, 4) is 10.6 Å². The van der Waals surface area contributed by atoms with Crippen molar-refractivity contribution in [3.63, 3.8) is 0 Å². The molecule has 0 unspecified atom stereocenters. The number of rotatable bonds is 5. The molecule has 3 rings (SSSR count). The molecule has 1 atom stereocenters. The Morgan fingerprint density at radius 2 is 2.04 bits per heavy atom. The Hall–Kier alpha value is -1.98. The van der Waals surface area contributed by atoms with Crippen molar-refractivity contribution in [2.45, 2.75) is 19.8 Å². The molecule has 3 nitrogen and oxygen atoms in total. The summed E-state index contributed by atoms with van der Waals surface area (Å²) in [5.74, 6) is 0.244. The summed E-state index contributed by atoms with van der Waals surface area (Å²) < 4.78 is 0. The SMILES string of the molecule is Cc1nc(-c2ccsc2)sc1C(=O)NC[C@@H](C)c1ccccc1. The maximum absolute atomic E-state index is 12.4. The molecule has 1 aromatic carbocycles. The van der Waals surface area contributed by atoms with Crippen LogP contribution in [0.2, 0.25) is 0 Å². The smallest absolute Gasteiger partial charge is 0.263 e. The van der Waals surface area contributed by atoms with Crippen LogP contribution in [0.5, 0.6) is 0 Å². The van der Waals surface area contributed by atoms with Gasteiger partial charge in [-0.1, -0.05) is 37.3 Å². The number of carbonyl (C=O) groups excluding carboxylic acids is 1. The summed E-state index contributed by atoms with van der Waals surface area (Å²) in [4.78, 5) is 17.7. The number of amides is 1. The summed E-state index contributed by atoms with van der Waals surface area (Å²) in [6.45, 7) is 4.63. The highest BCUT2D eigenvalue weighted by atomic mass is 32.1. The average Bonchev–Trinajstić information content (AvgIpc) is 3.22. The summed E-state index contributed by atoms with van der Waals surface area (Å²) in [5.41, 5.74) is 3.11. The standard InChI is InChI=1S/C18H18N2OS2/c1-12(14-6-4-3-5-7-14)10-19-17(21)16-13(2)20-18(23-16)15-8-9-22-11-15/h3-9,11-12H,10H2,1-2H3,(H,19,21)/t12-/m1/s1. The molecule has 0 aliphatic rings. The summed E-state index contributed by atoms with van der Waals surface area (Å²) in [6, 6.07) is 12.2. The molecule has 2 aromatic heterocycles. The summed E-state index contributed by atoms with van der Waals surface area (Å²) in [6.07, 6.45) is 0. The van der Waals surface area contributed by atoms with Crippen LogP contribution < -0.4 is 5.32 Å². The number of hydrogen-bond acceptors (Lipinski definition) is 4. The van der Waals surface area contributed by atoms with Crippen LogP contribution in [0.25, 0.3) is 10.6 Å². The molecule has 23 heavy (non-hydrogen) atoms. The number of nitrogens with zero attached hydrogens (tertiary/aromatic N) is 1. The Kier molecular flexibility index (Phi) is 4.88. The van der Waals surface area contributed by atoms with Gasteiger partial charge in [0.2, 0.25) is 0 Å². The fourth-order valence-electron chi connectivity index (χ4n) is 2.34. The van der Waals surface area contributed by atoms with E-state index in [1.54, 1.807) is 11.3 Å². The van der Waals surface area contributed by atoms with Gasteiger partial charge in [-0.2, -0.15) is 11.3 Å². The first-order valence-electron chi connectivity index (χ1n) is 7.48. The predicted octanol–water partition coefficient (Wildman–Crippen LogP) is 4.71. The van der Waals surface area contributed by atoms with E-state index in [1.807, 2.05) is 36.6 Å². The number of thiazole rings is 1. The summed E-state index contributed by atoms with van der Waals surface area (Å²) in [7, 11) is 0. The van der Waals surface area contributed by atoms with E-state index in [0.717, 1.165) is 16.3 Å². The third kappa shape index (κ3) is 3.68. The van der Waals surface area contributed by atoms with E-state index in [-0.39, 0.29) is 11.8 Å². The van der Waals surface area contributed by atoms with Crippen molar-refractivity contribution in [2.24, 2.45) is 0 Å². The van der Waals surface area contributed by atoms with E-state index < -0.39 is 0 Å². The monoisotopic (exact) mass is 342 g/mol. The van der Waals surface area contributed by atoms with Crippen LogP contribution in [-0.2, 0) is 0 Å². The van der Waals surface area contributed by atoms with Crippen LogP contribution in [0.3, 0.4) is 0 Å². The van der Waals surface area contributed by atoms with E-state index in [0.29, 0.717) is 11.4 Å². The minimum atomic E-state index is -0.0377. The number of hydrogen-bond donors (Lipinski definition) is 1. The largest absolute Gasteiger partial charge is 0.351 e. The Balaban J connectivity index is 1.67. The van der Waals surface area contributed by atoms with Gasteiger partial charge in [0.25, 0.3) is 5.91 Å². The fraction of sp³-hybridized carbons (Fsp3) is 0.222. The fourth-order valence-corrected chi connectivity index (χ4v) is 4.04. The van der Waals surface area contributed by atoms with E-state index in [9.17, 15) is 4.79 Å². The van der Waals surface area contributed by atoms with Crippen molar-refractivity contribution < 1.29 is 4.79 Å². The lowest BCUT2D eigenvalue weighted by Gasteiger charge is -2.12. The highest BCUT2D eigenvalue weighted by Gasteiger charge is 2.17. The molecule has 0 spiro atoms. The first-order valence-corrected chi connectivity index (χ1v) is 9.24. The molecule has 118 valence electrons. The first kappa shape index (κ1) is 15.9. The van der Waals surface area contributed by atoms with E-state index in [1.165, 1.54) is 16.9 Å². The molecule has 5 heteroatoms. The Labute approximate surface area is 144 Å². The van der Waals surface area contributed by atoms with Crippen molar-refractivity contribution in [2.75, 3.05) is 6.54 Å². The van der Waals surface area contributed by atoms with Crippen LogP contribution in [0.4, 0.5) is 0 Å². The molecule has 1 amide bonds. The molecular weight excluding hydrogens is 324 g/mol. The van der Waals surface area contributed by atoms with E-state index in [4.69, 9.17) is 0 Å². The second-order valence-electron chi connectivity index (χ2n) is 5.47. The number of aryl methyl sites for hydroxylation is 1. The van der Waals surface area contributed by atoms with Gasteiger partial charge in [-0.15, -0.1) is 11.3 Å². The summed E-state index contributed by atoms with van der Waals surface area (Å²) in [5, 5.41) is 8.01. The Morgan fingerprint density at radius 3 is 2.74 bits per heavy atom.